The van der Waals surface area contributed by atoms with Gasteiger partial charge >= 0.3 is 0 Å². The van der Waals surface area contributed by atoms with E-state index in [0.29, 0.717) is 11.6 Å². The summed E-state index contributed by atoms with van der Waals surface area (Å²) in [5.41, 5.74) is 0. The smallest absolute Gasteiger partial charge is 0.263 e. The first kappa shape index (κ1) is 14.2. The molecule has 0 fully saturated rings. The summed E-state index contributed by atoms with van der Waals surface area (Å²) < 4.78 is 26.6. The van der Waals surface area contributed by atoms with E-state index in [1.165, 1.54) is 24.3 Å². The van der Waals surface area contributed by atoms with Crippen LogP contribution in [-0.2, 0) is 15.9 Å². The predicted molar refractivity (Wildman–Crippen MR) is 72.0 cm³/mol. The van der Waals surface area contributed by atoms with E-state index in [9.17, 15) is 13.6 Å². The lowest BCUT2D eigenvalue weighted by molar-refractivity contribution is -0.118. The number of pyridine rings is 1. The highest BCUT2D eigenvalue weighted by molar-refractivity contribution is 7.79. The maximum Gasteiger partial charge on any atom is 0.263 e. The van der Waals surface area contributed by atoms with Crippen molar-refractivity contribution >= 4 is 22.8 Å². The van der Waals surface area contributed by atoms with Crippen molar-refractivity contribution in [3.05, 3.63) is 48.7 Å². The maximum absolute atomic E-state index is 11.6. The molecule has 104 valence electrons. The first-order valence-corrected chi connectivity index (χ1v) is 6.75. The van der Waals surface area contributed by atoms with Gasteiger partial charge in [-0.1, -0.05) is 6.07 Å². The minimum absolute atomic E-state index is 0.162. The highest BCUT2D eigenvalue weighted by Gasteiger charge is 2.04. The van der Waals surface area contributed by atoms with Crippen molar-refractivity contribution in [3.8, 4) is 5.75 Å². The van der Waals surface area contributed by atoms with Crippen molar-refractivity contribution in [3.63, 3.8) is 0 Å². The van der Waals surface area contributed by atoms with Crippen LogP contribution in [0.25, 0.3) is 0 Å². The molecule has 0 radical (unpaired) electrons. The van der Waals surface area contributed by atoms with Gasteiger partial charge in [-0.25, -0.2) is 4.98 Å². The first-order valence-electron chi connectivity index (χ1n) is 5.68. The molecule has 2 rings (SSSR count). The van der Waals surface area contributed by atoms with E-state index in [4.69, 9.17) is 4.74 Å². The van der Waals surface area contributed by atoms with E-state index in [1.807, 2.05) is 0 Å². The Kier molecular flexibility index (Phi) is 4.80. The molecule has 0 saturated heterocycles. The molecule has 1 amide bonds. The standard InChI is InChI=1S/C13H12N2O4S/c16-13(15-12-3-1-2-8-14-12)9-19-10-4-6-11(7-5-10)20(17)18/h1-8H,9H2,(H,17,18)(H,14,15,16)/p-1. The Balaban J connectivity index is 1.85. The highest BCUT2D eigenvalue weighted by Crippen LogP contribution is 2.14. The molecule has 1 atom stereocenters. The van der Waals surface area contributed by atoms with Crippen LogP contribution in [0.2, 0.25) is 0 Å². The fourth-order valence-corrected chi connectivity index (χ4v) is 1.77. The number of rotatable bonds is 5. The molecular weight excluding hydrogens is 280 g/mol. The number of hydrogen-bond acceptors (Lipinski definition) is 5. The molecule has 0 bridgehead atoms. The number of benzene rings is 1. The van der Waals surface area contributed by atoms with Crippen molar-refractivity contribution in [2.24, 2.45) is 0 Å². The molecule has 6 nitrogen and oxygen atoms in total. The van der Waals surface area contributed by atoms with E-state index in [0.717, 1.165) is 0 Å². The Labute approximate surface area is 118 Å². The molecule has 1 N–H and O–H groups in total. The molecule has 1 aromatic carbocycles. The summed E-state index contributed by atoms with van der Waals surface area (Å²) in [7, 11) is 0. The van der Waals surface area contributed by atoms with Crippen LogP contribution in [-0.4, -0.2) is 26.3 Å². The predicted octanol–water partition coefficient (Wildman–Crippen LogP) is 1.34. The van der Waals surface area contributed by atoms with Gasteiger partial charge in [0.2, 0.25) is 0 Å². The molecule has 1 aromatic heterocycles. The molecule has 20 heavy (non-hydrogen) atoms. The van der Waals surface area contributed by atoms with E-state index < -0.39 is 11.1 Å². The number of nitrogens with one attached hydrogen (secondary N) is 1. The molecular formula is C13H11N2O4S-. The van der Waals surface area contributed by atoms with E-state index in [2.05, 4.69) is 10.3 Å². The van der Waals surface area contributed by atoms with Gasteiger partial charge in [-0.3, -0.25) is 9.00 Å². The van der Waals surface area contributed by atoms with Gasteiger partial charge in [0, 0.05) is 11.1 Å². The van der Waals surface area contributed by atoms with Gasteiger partial charge in [0.25, 0.3) is 5.91 Å². The van der Waals surface area contributed by atoms with Crippen LogP contribution in [0.15, 0.2) is 53.6 Å². The summed E-state index contributed by atoms with van der Waals surface area (Å²) in [6.07, 6.45) is 1.57. The second-order valence-electron chi connectivity index (χ2n) is 3.76. The van der Waals surface area contributed by atoms with Crippen LogP contribution in [0.1, 0.15) is 0 Å². The zero-order valence-electron chi connectivity index (χ0n) is 10.3. The fourth-order valence-electron chi connectivity index (χ4n) is 1.41. The third-order valence-electron chi connectivity index (χ3n) is 2.32. The minimum atomic E-state index is -2.27. The van der Waals surface area contributed by atoms with Crippen LogP contribution in [0.4, 0.5) is 5.82 Å². The Hall–Kier alpha value is -2.25. The zero-order valence-corrected chi connectivity index (χ0v) is 11.1. The monoisotopic (exact) mass is 291 g/mol. The average Bonchev–Trinajstić information content (AvgIpc) is 2.46. The summed E-state index contributed by atoms with van der Waals surface area (Å²) in [6, 6.07) is 10.9. The number of nitrogens with zero attached hydrogens (tertiary/aromatic N) is 1. The molecule has 1 unspecified atom stereocenters. The Morgan fingerprint density at radius 2 is 2.00 bits per heavy atom. The number of ether oxygens (including phenoxy) is 1. The molecule has 0 aliphatic carbocycles. The number of carbonyl (C=O) groups excluding carboxylic acids is 1. The highest BCUT2D eigenvalue weighted by atomic mass is 32.2. The zero-order chi connectivity index (χ0) is 14.4. The lowest BCUT2D eigenvalue weighted by Crippen LogP contribution is -2.20. The average molecular weight is 291 g/mol. The molecule has 7 heteroatoms. The van der Waals surface area contributed by atoms with Crippen molar-refractivity contribution < 1.29 is 18.3 Å². The summed E-state index contributed by atoms with van der Waals surface area (Å²) in [6.45, 7) is -0.184. The third kappa shape index (κ3) is 4.15. The van der Waals surface area contributed by atoms with Gasteiger partial charge in [-0.05, 0) is 47.5 Å². The third-order valence-corrected chi connectivity index (χ3v) is 2.98. The van der Waals surface area contributed by atoms with Gasteiger partial charge in [-0.2, -0.15) is 0 Å². The Morgan fingerprint density at radius 1 is 1.25 bits per heavy atom. The number of amides is 1. The molecule has 0 aliphatic heterocycles. The lowest BCUT2D eigenvalue weighted by atomic mass is 10.3. The van der Waals surface area contributed by atoms with Gasteiger partial charge < -0.3 is 14.6 Å². The number of anilines is 1. The topological polar surface area (TPSA) is 91.4 Å². The molecule has 0 aliphatic rings. The van der Waals surface area contributed by atoms with Crippen LogP contribution >= 0.6 is 0 Å². The Morgan fingerprint density at radius 3 is 2.60 bits per heavy atom. The summed E-state index contributed by atoms with van der Waals surface area (Å²) >= 11 is -2.27. The minimum Gasteiger partial charge on any atom is -0.768 e. The molecule has 0 spiro atoms. The van der Waals surface area contributed by atoms with Crippen molar-refractivity contribution in [1.29, 1.82) is 0 Å². The quantitative estimate of drug-likeness (QED) is 0.839. The van der Waals surface area contributed by atoms with Gasteiger partial charge in [0.15, 0.2) is 6.61 Å². The van der Waals surface area contributed by atoms with Crippen molar-refractivity contribution in [1.82, 2.24) is 4.98 Å². The number of carbonyl (C=O) groups is 1. The SMILES string of the molecule is O=C(COc1ccc(S(=O)[O-])cc1)Nc1ccccn1. The van der Waals surface area contributed by atoms with Gasteiger partial charge in [0.1, 0.15) is 11.6 Å². The Bertz CT molecular complexity index is 602. The second kappa shape index (κ2) is 6.78. The first-order chi connectivity index (χ1) is 9.65. The van der Waals surface area contributed by atoms with Crippen molar-refractivity contribution in [2.45, 2.75) is 4.90 Å². The molecule has 2 aromatic rings. The number of hydrogen-bond donors (Lipinski definition) is 1. The maximum atomic E-state index is 11.6. The second-order valence-corrected chi connectivity index (χ2v) is 4.70. The van der Waals surface area contributed by atoms with Crippen LogP contribution in [0.3, 0.4) is 0 Å². The molecule has 0 saturated carbocycles. The van der Waals surface area contributed by atoms with Crippen LogP contribution in [0, 0.1) is 0 Å². The number of aromatic nitrogens is 1. The van der Waals surface area contributed by atoms with Crippen LogP contribution in [0.5, 0.6) is 5.75 Å². The van der Waals surface area contributed by atoms with Crippen LogP contribution < -0.4 is 10.1 Å². The normalized spacial score (nSPS) is 11.7. The van der Waals surface area contributed by atoms with Crippen molar-refractivity contribution in [2.75, 3.05) is 11.9 Å². The largest absolute Gasteiger partial charge is 0.768 e. The lowest BCUT2D eigenvalue weighted by Gasteiger charge is -2.08. The van der Waals surface area contributed by atoms with Gasteiger partial charge in [-0.15, -0.1) is 0 Å². The fraction of sp³-hybridized carbons (Fsp3) is 0.0769. The van der Waals surface area contributed by atoms with Gasteiger partial charge in [0.05, 0.1) is 0 Å². The van der Waals surface area contributed by atoms with E-state index in [1.54, 1.807) is 24.4 Å². The van der Waals surface area contributed by atoms with E-state index in [-0.39, 0.29) is 17.4 Å². The summed E-state index contributed by atoms with van der Waals surface area (Å²) in [4.78, 5) is 15.7. The van der Waals surface area contributed by atoms with E-state index >= 15 is 0 Å². The summed E-state index contributed by atoms with van der Waals surface area (Å²) in [5.74, 6) is 0.508. The molecule has 1 heterocycles. The summed E-state index contributed by atoms with van der Waals surface area (Å²) in [5, 5.41) is 2.57.